The molecule has 2 N–H and O–H groups in total. The average Bonchev–Trinajstić information content (AvgIpc) is 3.03. The molecule has 0 saturated carbocycles. The van der Waals surface area contributed by atoms with E-state index in [-0.39, 0.29) is 19.0 Å². The Morgan fingerprint density at radius 2 is 2.19 bits per heavy atom. The fourth-order valence-corrected chi connectivity index (χ4v) is 2.32. The van der Waals surface area contributed by atoms with E-state index < -0.39 is 5.97 Å². The number of nitrogens with zero attached hydrogens (tertiary/aromatic N) is 5. The van der Waals surface area contributed by atoms with Crippen LogP contribution >= 0.6 is 24.0 Å². The van der Waals surface area contributed by atoms with Crippen molar-refractivity contribution in [1.29, 1.82) is 0 Å². The summed E-state index contributed by atoms with van der Waals surface area (Å²) in [6.07, 6.45) is 3.32. The van der Waals surface area contributed by atoms with Gasteiger partial charge in [0.1, 0.15) is 23.9 Å². The highest BCUT2D eigenvalue weighted by atomic mass is 35.5. The normalized spacial score (nSPS) is 10.2. The quantitative estimate of drug-likeness (QED) is 0.661. The van der Waals surface area contributed by atoms with Crippen LogP contribution in [0.15, 0.2) is 36.7 Å². The summed E-state index contributed by atoms with van der Waals surface area (Å²) >= 11 is 5.86. The van der Waals surface area contributed by atoms with Crippen LogP contribution in [0, 0.1) is 6.92 Å². The van der Waals surface area contributed by atoms with Crippen molar-refractivity contribution < 1.29 is 9.53 Å². The Kier molecular flexibility index (Phi) is 6.48. The van der Waals surface area contributed by atoms with E-state index in [1.807, 2.05) is 0 Å². The number of ether oxygens (including phenoxy) is 1. The molecule has 3 aromatic rings. The van der Waals surface area contributed by atoms with Gasteiger partial charge in [0, 0.05) is 16.8 Å². The van der Waals surface area contributed by atoms with Crippen molar-refractivity contribution in [3.63, 3.8) is 0 Å². The standard InChI is InChI=1S/C16H15ClN6O2.ClH/c1-10-19-6-12(15(18)20-10)7-23-8-14(21-22-23)9-25-16(24)11-3-2-4-13(17)5-11;/h2-6,8H,7,9H2,1H3,(H2,18,19,20);1H. The van der Waals surface area contributed by atoms with Crippen molar-refractivity contribution in [1.82, 2.24) is 25.0 Å². The summed E-state index contributed by atoms with van der Waals surface area (Å²) in [6, 6.07) is 6.54. The van der Waals surface area contributed by atoms with E-state index in [1.54, 1.807) is 48.3 Å². The van der Waals surface area contributed by atoms with Crippen molar-refractivity contribution in [3.8, 4) is 0 Å². The van der Waals surface area contributed by atoms with Crippen molar-refractivity contribution in [2.45, 2.75) is 20.1 Å². The fraction of sp³-hybridized carbons (Fsp3) is 0.188. The Morgan fingerprint density at radius 3 is 2.92 bits per heavy atom. The average molecular weight is 395 g/mol. The predicted octanol–water partition coefficient (Wildman–Crippen LogP) is 2.44. The molecule has 2 heterocycles. The number of anilines is 1. The molecule has 0 aliphatic rings. The molecule has 0 aliphatic carbocycles. The minimum Gasteiger partial charge on any atom is -0.455 e. The molecular formula is C16H16Cl2N6O2. The second-order valence-corrected chi connectivity index (χ2v) is 5.76. The second kappa shape index (κ2) is 8.59. The van der Waals surface area contributed by atoms with Crippen molar-refractivity contribution >= 4 is 35.8 Å². The highest BCUT2D eigenvalue weighted by Gasteiger charge is 2.10. The number of rotatable bonds is 5. The molecule has 0 unspecified atom stereocenters. The molecule has 2 aromatic heterocycles. The van der Waals surface area contributed by atoms with Gasteiger partial charge >= 0.3 is 5.97 Å². The highest BCUT2D eigenvalue weighted by molar-refractivity contribution is 6.30. The van der Waals surface area contributed by atoms with E-state index in [0.717, 1.165) is 5.56 Å². The van der Waals surface area contributed by atoms with Crippen molar-refractivity contribution in [3.05, 3.63) is 64.3 Å². The van der Waals surface area contributed by atoms with Gasteiger partial charge in [-0.2, -0.15) is 0 Å². The van der Waals surface area contributed by atoms with E-state index in [9.17, 15) is 4.79 Å². The van der Waals surface area contributed by atoms with Gasteiger partial charge < -0.3 is 10.5 Å². The van der Waals surface area contributed by atoms with Crippen LogP contribution in [0.1, 0.15) is 27.4 Å². The molecule has 0 amide bonds. The van der Waals surface area contributed by atoms with Gasteiger partial charge in [-0.3, -0.25) is 0 Å². The number of carbonyl (C=O) groups excluding carboxylic acids is 1. The molecule has 26 heavy (non-hydrogen) atoms. The lowest BCUT2D eigenvalue weighted by Gasteiger charge is -2.04. The summed E-state index contributed by atoms with van der Waals surface area (Å²) in [5.74, 6) is 0.527. The van der Waals surface area contributed by atoms with Gasteiger partial charge in [-0.25, -0.2) is 19.4 Å². The Morgan fingerprint density at radius 1 is 1.38 bits per heavy atom. The maximum Gasteiger partial charge on any atom is 0.338 e. The van der Waals surface area contributed by atoms with Gasteiger partial charge in [0.2, 0.25) is 0 Å². The van der Waals surface area contributed by atoms with Gasteiger partial charge in [-0.05, 0) is 25.1 Å². The zero-order chi connectivity index (χ0) is 17.8. The van der Waals surface area contributed by atoms with Crippen molar-refractivity contribution in [2.24, 2.45) is 0 Å². The molecule has 1 aromatic carbocycles. The third-order valence-electron chi connectivity index (χ3n) is 3.35. The smallest absolute Gasteiger partial charge is 0.338 e. The van der Waals surface area contributed by atoms with E-state index >= 15 is 0 Å². The lowest BCUT2D eigenvalue weighted by atomic mass is 10.2. The third kappa shape index (κ3) is 4.90. The fourth-order valence-electron chi connectivity index (χ4n) is 2.13. The first-order valence-corrected chi connectivity index (χ1v) is 7.79. The van der Waals surface area contributed by atoms with Crippen LogP contribution in [0.2, 0.25) is 5.02 Å². The van der Waals surface area contributed by atoms with E-state index in [0.29, 0.717) is 34.5 Å². The first kappa shape index (κ1) is 19.6. The Hall–Kier alpha value is -2.71. The van der Waals surface area contributed by atoms with Crippen LogP contribution in [-0.4, -0.2) is 30.9 Å². The summed E-state index contributed by atoms with van der Waals surface area (Å²) in [5.41, 5.74) is 7.49. The van der Waals surface area contributed by atoms with E-state index in [1.165, 1.54) is 0 Å². The molecule has 0 fully saturated rings. The van der Waals surface area contributed by atoms with Gasteiger partial charge in [0.15, 0.2) is 0 Å². The number of nitrogens with two attached hydrogens (primary N) is 1. The SMILES string of the molecule is Cc1ncc(Cn2cc(COC(=O)c3cccc(Cl)c3)nn2)c(N)n1.Cl. The van der Waals surface area contributed by atoms with Crippen LogP contribution in [0.4, 0.5) is 5.82 Å². The van der Waals surface area contributed by atoms with Gasteiger partial charge in [0.25, 0.3) is 0 Å². The van der Waals surface area contributed by atoms with Gasteiger partial charge in [-0.15, -0.1) is 17.5 Å². The Bertz CT molecular complexity index is 915. The number of aromatic nitrogens is 5. The van der Waals surface area contributed by atoms with Gasteiger partial charge in [0.05, 0.1) is 18.3 Å². The molecule has 0 aliphatic heterocycles. The second-order valence-electron chi connectivity index (χ2n) is 5.32. The maximum atomic E-state index is 12.0. The number of halogens is 2. The molecule has 0 spiro atoms. The number of benzene rings is 1. The van der Waals surface area contributed by atoms with Gasteiger partial charge in [-0.1, -0.05) is 22.9 Å². The molecule has 8 nitrogen and oxygen atoms in total. The third-order valence-corrected chi connectivity index (χ3v) is 3.58. The number of hydrogen-bond donors (Lipinski definition) is 1. The van der Waals surface area contributed by atoms with Crippen LogP contribution in [0.5, 0.6) is 0 Å². The molecule has 10 heteroatoms. The van der Waals surface area contributed by atoms with Crippen LogP contribution in [0.25, 0.3) is 0 Å². The van der Waals surface area contributed by atoms with Crippen LogP contribution in [0.3, 0.4) is 0 Å². The lowest BCUT2D eigenvalue weighted by Crippen LogP contribution is -2.07. The molecular weight excluding hydrogens is 379 g/mol. The Balaban J connectivity index is 0.00000243. The van der Waals surface area contributed by atoms with E-state index in [4.69, 9.17) is 22.1 Å². The van der Waals surface area contributed by atoms with E-state index in [2.05, 4.69) is 20.3 Å². The minimum absolute atomic E-state index is 0. The zero-order valence-corrected chi connectivity index (χ0v) is 15.4. The molecule has 0 saturated heterocycles. The number of carbonyl (C=O) groups is 1. The topological polar surface area (TPSA) is 109 Å². The minimum atomic E-state index is -0.478. The predicted molar refractivity (Wildman–Crippen MR) is 98.1 cm³/mol. The Labute approximate surface area is 160 Å². The zero-order valence-electron chi connectivity index (χ0n) is 13.8. The summed E-state index contributed by atoms with van der Waals surface area (Å²) in [7, 11) is 0. The van der Waals surface area contributed by atoms with Crippen LogP contribution in [-0.2, 0) is 17.9 Å². The van der Waals surface area contributed by atoms with Crippen LogP contribution < -0.4 is 5.73 Å². The number of nitrogen functional groups attached to an aromatic ring is 1. The molecule has 0 radical (unpaired) electrons. The first-order valence-electron chi connectivity index (χ1n) is 7.41. The summed E-state index contributed by atoms with van der Waals surface area (Å²) < 4.78 is 6.79. The molecule has 3 rings (SSSR count). The number of esters is 1. The molecule has 0 atom stereocenters. The monoisotopic (exact) mass is 394 g/mol. The highest BCUT2D eigenvalue weighted by Crippen LogP contribution is 2.13. The number of hydrogen-bond acceptors (Lipinski definition) is 7. The largest absolute Gasteiger partial charge is 0.455 e. The summed E-state index contributed by atoms with van der Waals surface area (Å²) in [4.78, 5) is 20.2. The first-order chi connectivity index (χ1) is 12.0. The molecule has 0 bridgehead atoms. The summed E-state index contributed by atoms with van der Waals surface area (Å²) in [5, 5.41) is 8.42. The maximum absolute atomic E-state index is 12.0. The van der Waals surface area contributed by atoms with Crippen molar-refractivity contribution in [2.75, 3.05) is 5.73 Å². The lowest BCUT2D eigenvalue weighted by molar-refractivity contribution is 0.0467. The molecule has 136 valence electrons. The number of aryl methyl sites for hydroxylation is 1. The summed E-state index contributed by atoms with van der Waals surface area (Å²) in [6.45, 7) is 2.15.